The summed E-state index contributed by atoms with van der Waals surface area (Å²) in [6.45, 7) is 10.9. The Hall–Kier alpha value is -0.0800. The summed E-state index contributed by atoms with van der Waals surface area (Å²) in [5, 5.41) is 0. The number of ether oxygens (including phenoxy) is 2. The van der Waals surface area contributed by atoms with Gasteiger partial charge in [-0.1, -0.05) is 27.2 Å². The van der Waals surface area contributed by atoms with Crippen LogP contribution in [0.15, 0.2) is 0 Å². The first-order valence-electron chi connectivity index (χ1n) is 9.64. The Morgan fingerprint density at radius 3 is 2.36 bits per heavy atom. The third-order valence-corrected chi connectivity index (χ3v) is 7.99. The molecule has 1 unspecified atom stereocenters. The van der Waals surface area contributed by atoms with E-state index >= 15 is 0 Å². The van der Waals surface area contributed by atoms with Gasteiger partial charge in [-0.15, -0.1) is 0 Å². The van der Waals surface area contributed by atoms with Crippen molar-refractivity contribution in [1.82, 2.24) is 0 Å². The predicted octanol–water partition coefficient (Wildman–Crippen LogP) is 5.30. The zero-order valence-electron chi connectivity index (χ0n) is 15.0. The SMILES string of the molecule is CC1(C)CCC[C@]2(C)[C@H]3CC4(CCCCO4)O[C@]3(C)CC[C@@H]12. The van der Waals surface area contributed by atoms with Gasteiger partial charge in [-0.05, 0) is 68.1 Å². The zero-order valence-corrected chi connectivity index (χ0v) is 15.0. The summed E-state index contributed by atoms with van der Waals surface area (Å²) in [5.74, 6) is 1.29. The number of hydrogen-bond donors (Lipinski definition) is 0. The summed E-state index contributed by atoms with van der Waals surface area (Å²) in [4.78, 5) is 0. The Kier molecular flexibility index (Phi) is 3.32. The molecule has 0 aromatic heterocycles. The molecule has 4 aliphatic rings. The van der Waals surface area contributed by atoms with Crippen LogP contribution in [-0.4, -0.2) is 18.0 Å². The van der Waals surface area contributed by atoms with Crippen molar-refractivity contribution in [3.63, 3.8) is 0 Å². The molecular formula is C20H34O2. The van der Waals surface area contributed by atoms with Gasteiger partial charge >= 0.3 is 0 Å². The third-order valence-electron chi connectivity index (χ3n) is 7.99. The summed E-state index contributed by atoms with van der Waals surface area (Å²) in [6, 6.07) is 0. The molecule has 22 heavy (non-hydrogen) atoms. The van der Waals surface area contributed by atoms with Crippen molar-refractivity contribution in [2.75, 3.05) is 6.61 Å². The molecular weight excluding hydrogens is 272 g/mol. The fourth-order valence-electron chi connectivity index (χ4n) is 7.02. The largest absolute Gasteiger partial charge is 0.350 e. The Morgan fingerprint density at radius 1 is 0.818 bits per heavy atom. The standard InChI is InChI=1S/C20H34O2/c1-17(2)9-7-10-18(3)15(17)8-12-19(4)16(18)14-20(22-19)11-5-6-13-21-20/h15-16H,5-14H2,1-4H3/t15-,16+,18-,19+,20?/m0/s1. The quantitative estimate of drug-likeness (QED) is 0.565. The lowest BCUT2D eigenvalue weighted by atomic mass is 9.45. The average Bonchev–Trinajstić information content (AvgIpc) is 2.72. The molecule has 2 saturated heterocycles. The molecule has 0 bridgehead atoms. The first-order valence-corrected chi connectivity index (χ1v) is 9.64. The van der Waals surface area contributed by atoms with Gasteiger partial charge in [0.25, 0.3) is 0 Å². The molecule has 1 spiro atoms. The summed E-state index contributed by atoms with van der Waals surface area (Å²) in [5.41, 5.74) is 0.993. The fraction of sp³-hybridized carbons (Fsp3) is 1.00. The van der Waals surface area contributed by atoms with Crippen LogP contribution in [-0.2, 0) is 9.47 Å². The van der Waals surface area contributed by atoms with E-state index in [1.807, 2.05) is 0 Å². The van der Waals surface area contributed by atoms with Gasteiger partial charge in [0.05, 0.1) is 12.2 Å². The van der Waals surface area contributed by atoms with Crippen molar-refractivity contribution in [1.29, 1.82) is 0 Å². The van der Waals surface area contributed by atoms with E-state index in [2.05, 4.69) is 27.7 Å². The minimum absolute atomic E-state index is 0.0516. The fourth-order valence-corrected chi connectivity index (χ4v) is 7.02. The van der Waals surface area contributed by atoms with Crippen molar-refractivity contribution in [2.45, 2.75) is 96.9 Å². The minimum atomic E-state index is -0.239. The molecule has 0 aromatic carbocycles. The summed E-state index contributed by atoms with van der Waals surface area (Å²) in [7, 11) is 0. The molecule has 5 atom stereocenters. The van der Waals surface area contributed by atoms with Gasteiger partial charge in [0.2, 0.25) is 0 Å². The molecule has 0 radical (unpaired) electrons. The van der Waals surface area contributed by atoms with E-state index in [0.717, 1.165) is 25.4 Å². The summed E-state index contributed by atoms with van der Waals surface area (Å²) >= 11 is 0. The first-order chi connectivity index (χ1) is 10.3. The first kappa shape index (κ1) is 15.4. The highest BCUT2D eigenvalue weighted by atomic mass is 16.7. The molecule has 2 nitrogen and oxygen atoms in total. The topological polar surface area (TPSA) is 18.5 Å². The molecule has 126 valence electrons. The van der Waals surface area contributed by atoms with Crippen molar-refractivity contribution in [2.24, 2.45) is 22.7 Å². The molecule has 0 aromatic rings. The van der Waals surface area contributed by atoms with E-state index in [1.54, 1.807) is 0 Å². The van der Waals surface area contributed by atoms with E-state index in [-0.39, 0.29) is 11.4 Å². The van der Waals surface area contributed by atoms with E-state index in [4.69, 9.17) is 9.47 Å². The van der Waals surface area contributed by atoms with Crippen molar-refractivity contribution < 1.29 is 9.47 Å². The highest BCUT2D eigenvalue weighted by Gasteiger charge is 2.65. The van der Waals surface area contributed by atoms with Gasteiger partial charge in [0.15, 0.2) is 5.79 Å². The second kappa shape index (κ2) is 4.72. The molecule has 4 rings (SSSR count). The molecule has 0 N–H and O–H groups in total. The van der Waals surface area contributed by atoms with Crippen LogP contribution in [0.2, 0.25) is 0 Å². The maximum absolute atomic E-state index is 6.74. The Bertz CT molecular complexity index is 451. The molecule has 2 aliphatic carbocycles. The van der Waals surface area contributed by atoms with E-state index in [0.29, 0.717) is 16.7 Å². The van der Waals surface area contributed by atoms with Crippen LogP contribution in [0.3, 0.4) is 0 Å². The van der Waals surface area contributed by atoms with Crippen molar-refractivity contribution in [3.05, 3.63) is 0 Å². The molecule has 0 amide bonds. The minimum Gasteiger partial charge on any atom is -0.350 e. The Labute approximate surface area is 136 Å². The molecule has 2 heterocycles. The van der Waals surface area contributed by atoms with Gasteiger partial charge in [0, 0.05) is 12.8 Å². The molecule has 4 fully saturated rings. The number of rotatable bonds is 0. The lowest BCUT2D eigenvalue weighted by molar-refractivity contribution is -0.272. The molecule has 2 aliphatic heterocycles. The van der Waals surface area contributed by atoms with Gasteiger partial charge < -0.3 is 9.47 Å². The Balaban J connectivity index is 1.68. The average molecular weight is 306 g/mol. The summed E-state index contributed by atoms with van der Waals surface area (Å²) < 4.78 is 13.0. The number of fused-ring (bicyclic) bond motifs is 3. The Morgan fingerprint density at radius 2 is 1.64 bits per heavy atom. The smallest absolute Gasteiger partial charge is 0.169 e. The monoisotopic (exact) mass is 306 g/mol. The highest BCUT2D eigenvalue weighted by Crippen LogP contribution is 2.67. The van der Waals surface area contributed by atoms with Gasteiger partial charge in [-0.2, -0.15) is 0 Å². The van der Waals surface area contributed by atoms with Crippen molar-refractivity contribution in [3.8, 4) is 0 Å². The maximum Gasteiger partial charge on any atom is 0.169 e. The van der Waals surface area contributed by atoms with Crippen molar-refractivity contribution >= 4 is 0 Å². The number of hydrogen-bond acceptors (Lipinski definition) is 2. The highest BCUT2D eigenvalue weighted by molar-refractivity contribution is 5.12. The van der Waals surface area contributed by atoms with E-state index in [1.165, 1.54) is 44.9 Å². The van der Waals surface area contributed by atoms with Crippen LogP contribution in [0.1, 0.15) is 85.5 Å². The zero-order chi connectivity index (χ0) is 15.6. The second-order valence-electron chi connectivity index (χ2n) is 9.83. The van der Waals surface area contributed by atoms with Crippen LogP contribution in [0.25, 0.3) is 0 Å². The van der Waals surface area contributed by atoms with Crippen LogP contribution in [0, 0.1) is 22.7 Å². The van der Waals surface area contributed by atoms with Crippen LogP contribution < -0.4 is 0 Å². The molecule has 2 saturated carbocycles. The van der Waals surface area contributed by atoms with Gasteiger partial charge in [-0.25, -0.2) is 0 Å². The lowest BCUT2D eigenvalue weighted by Gasteiger charge is -2.60. The summed E-state index contributed by atoms with van der Waals surface area (Å²) in [6.07, 6.45) is 11.5. The van der Waals surface area contributed by atoms with Crippen LogP contribution in [0.5, 0.6) is 0 Å². The van der Waals surface area contributed by atoms with Gasteiger partial charge in [0.1, 0.15) is 0 Å². The maximum atomic E-state index is 6.74. The lowest BCUT2D eigenvalue weighted by Crippen LogP contribution is -2.55. The third kappa shape index (κ3) is 2.05. The molecule has 2 heteroatoms. The van der Waals surface area contributed by atoms with Gasteiger partial charge in [-0.3, -0.25) is 0 Å². The van der Waals surface area contributed by atoms with Crippen LogP contribution in [0.4, 0.5) is 0 Å². The predicted molar refractivity (Wildman–Crippen MR) is 88.6 cm³/mol. The van der Waals surface area contributed by atoms with E-state index in [9.17, 15) is 0 Å². The van der Waals surface area contributed by atoms with Crippen LogP contribution >= 0.6 is 0 Å². The second-order valence-corrected chi connectivity index (χ2v) is 9.83. The van der Waals surface area contributed by atoms with E-state index < -0.39 is 0 Å². The normalized spacial score (nSPS) is 54.0.